The number of carbonyl (C=O) groups is 1. The van der Waals surface area contributed by atoms with E-state index in [1.54, 1.807) is 6.21 Å². The Labute approximate surface area is 190 Å². The summed E-state index contributed by atoms with van der Waals surface area (Å²) in [5, 5.41) is 5.63. The van der Waals surface area contributed by atoms with Gasteiger partial charge in [0.05, 0.1) is 25.0 Å². The van der Waals surface area contributed by atoms with Crippen LogP contribution in [-0.2, 0) is 17.8 Å². The van der Waals surface area contributed by atoms with Gasteiger partial charge in [-0.05, 0) is 54.5 Å². The minimum absolute atomic E-state index is 0.0115. The minimum Gasteiger partial charge on any atom is -0.334 e. The van der Waals surface area contributed by atoms with Crippen molar-refractivity contribution in [1.82, 2.24) is 9.99 Å². The van der Waals surface area contributed by atoms with Gasteiger partial charge >= 0.3 is 0 Å². The van der Waals surface area contributed by atoms with Crippen molar-refractivity contribution >= 4 is 23.0 Å². The van der Waals surface area contributed by atoms with E-state index in [0.29, 0.717) is 18.5 Å². The summed E-state index contributed by atoms with van der Waals surface area (Å²) in [5.41, 5.74) is 10.7. The Kier molecular flexibility index (Phi) is 5.60. The van der Waals surface area contributed by atoms with Crippen LogP contribution in [0.4, 0.5) is 0 Å². The molecule has 0 spiro atoms. The van der Waals surface area contributed by atoms with Crippen LogP contribution in [0.25, 0.3) is 10.9 Å². The quantitative estimate of drug-likeness (QED) is 0.473. The maximum absolute atomic E-state index is 12.7. The maximum atomic E-state index is 12.7. The van der Waals surface area contributed by atoms with Gasteiger partial charge in [0.1, 0.15) is 6.04 Å². The second kappa shape index (κ2) is 8.55. The van der Waals surface area contributed by atoms with Crippen LogP contribution >= 0.6 is 0 Å². The number of benzene rings is 2. The number of carbonyl (C=O) groups excluding carboxylic acids is 1. The second-order valence-corrected chi connectivity index (χ2v) is 9.68. The van der Waals surface area contributed by atoms with E-state index >= 15 is 0 Å². The van der Waals surface area contributed by atoms with Gasteiger partial charge in [0, 0.05) is 17.3 Å². The van der Waals surface area contributed by atoms with Crippen LogP contribution in [0.15, 0.2) is 47.6 Å². The van der Waals surface area contributed by atoms with Crippen molar-refractivity contribution in [1.29, 1.82) is 0 Å². The third-order valence-corrected chi connectivity index (χ3v) is 7.16. The average Bonchev–Trinajstić information content (AvgIpc) is 3.10. The van der Waals surface area contributed by atoms with Crippen molar-refractivity contribution in [2.24, 2.45) is 5.10 Å². The smallest absolute Gasteiger partial charge is 0.295 e. The van der Waals surface area contributed by atoms with Crippen LogP contribution in [0, 0.1) is 6.92 Å². The molecule has 2 atom stereocenters. The van der Waals surface area contributed by atoms with Crippen LogP contribution in [0.2, 0.25) is 0 Å². The fourth-order valence-electron chi connectivity index (χ4n) is 5.51. The summed E-state index contributed by atoms with van der Waals surface area (Å²) >= 11 is 0. The number of quaternary nitrogens is 1. The molecular weight excluding hydrogens is 396 g/mol. The van der Waals surface area contributed by atoms with Gasteiger partial charge in [0.2, 0.25) is 0 Å². The zero-order valence-corrected chi connectivity index (χ0v) is 19.3. The molecule has 1 unspecified atom stereocenters. The molecule has 5 rings (SSSR count). The molecule has 2 aliphatic rings. The summed E-state index contributed by atoms with van der Waals surface area (Å²) < 4.78 is 2.52. The lowest BCUT2D eigenvalue weighted by Gasteiger charge is -2.36. The first kappa shape index (κ1) is 21.0. The number of hydrogen-bond donors (Lipinski definition) is 2. The molecule has 0 radical (unpaired) electrons. The summed E-state index contributed by atoms with van der Waals surface area (Å²) in [5.74, 6) is 0.499. The third kappa shape index (κ3) is 3.86. The first-order chi connectivity index (χ1) is 15.5. The number of rotatable bonds is 5. The Morgan fingerprint density at radius 2 is 2.06 bits per heavy atom. The van der Waals surface area contributed by atoms with Crippen LogP contribution in [0.5, 0.6) is 0 Å². The molecule has 5 nitrogen and oxygen atoms in total. The van der Waals surface area contributed by atoms with Crippen molar-refractivity contribution < 1.29 is 9.69 Å². The van der Waals surface area contributed by atoms with E-state index < -0.39 is 0 Å². The van der Waals surface area contributed by atoms with E-state index in [-0.39, 0.29) is 5.91 Å². The number of fused-ring (bicyclic) bond motifs is 3. The van der Waals surface area contributed by atoms with E-state index in [1.165, 1.54) is 44.6 Å². The fraction of sp³-hybridized carbons (Fsp3) is 0.407. The molecular formula is C27H33N4O+. The molecule has 0 bridgehead atoms. The molecule has 2 heterocycles. The number of nitrogens with one attached hydrogen (secondary N) is 2. The minimum atomic E-state index is -0.0115. The van der Waals surface area contributed by atoms with E-state index in [9.17, 15) is 4.79 Å². The van der Waals surface area contributed by atoms with Crippen molar-refractivity contribution in [3.8, 4) is 0 Å². The molecule has 2 N–H and O–H groups in total. The van der Waals surface area contributed by atoms with Gasteiger partial charge in [0.25, 0.3) is 5.91 Å². The Morgan fingerprint density at radius 3 is 2.84 bits per heavy atom. The average molecular weight is 430 g/mol. The second-order valence-electron chi connectivity index (χ2n) is 9.68. The lowest BCUT2D eigenvalue weighted by atomic mass is 9.89. The predicted octanol–water partition coefficient (Wildman–Crippen LogP) is 3.50. The molecule has 1 aliphatic carbocycles. The summed E-state index contributed by atoms with van der Waals surface area (Å²) in [7, 11) is 0. The van der Waals surface area contributed by atoms with Gasteiger partial charge in [0.15, 0.2) is 6.54 Å². The highest BCUT2D eigenvalue weighted by molar-refractivity contribution is 5.87. The third-order valence-electron chi connectivity index (χ3n) is 7.16. The lowest BCUT2D eigenvalue weighted by Crippen LogP contribution is -3.14. The molecule has 3 aromatic rings. The van der Waals surface area contributed by atoms with Crippen LogP contribution in [0.1, 0.15) is 66.6 Å². The first-order valence-electron chi connectivity index (χ1n) is 11.9. The van der Waals surface area contributed by atoms with Gasteiger partial charge < -0.3 is 9.47 Å². The summed E-state index contributed by atoms with van der Waals surface area (Å²) in [6.07, 6.45) is 5.22. The Balaban J connectivity index is 1.28. The molecule has 2 aromatic carbocycles. The van der Waals surface area contributed by atoms with Crippen molar-refractivity contribution in [3.05, 3.63) is 70.4 Å². The van der Waals surface area contributed by atoms with Crippen LogP contribution in [0.3, 0.4) is 0 Å². The fourth-order valence-corrected chi connectivity index (χ4v) is 5.51. The molecule has 0 fully saturated rings. The summed E-state index contributed by atoms with van der Waals surface area (Å²) in [4.78, 5) is 14.1. The molecule has 0 saturated heterocycles. The molecule has 1 aliphatic heterocycles. The number of hydrazone groups is 1. The van der Waals surface area contributed by atoms with Crippen molar-refractivity contribution in [3.63, 3.8) is 0 Å². The summed E-state index contributed by atoms with van der Waals surface area (Å²) in [6.45, 7) is 8.95. The van der Waals surface area contributed by atoms with E-state index in [2.05, 4.69) is 66.2 Å². The molecule has 166 valence electrons. The van der Waals surface area contributed by atoms with Gasteiger partial charge in [-0.1, -0.05) is 49.7 Å². The van der Waals surface area contributed by atoms with E-state index in [1.807, 2.05) is 12.1 Å². The standard InChI is InChI=1S/C27H32N4O/c1-18(2)21-10-8-20(9-11-21)16-28-29-26(32)17-30-13-14-31-24-12-7-19(3)15-23(24)22-5-4-6-25(30)27(22)31/h7-12,15-16,18,25H,4-6,13-14,17H2,1-3H3,(H,29,32)/p+1/b28-16-/t25-/m1/s1. The van der Waals surface area contributed by atoms with Gasteiger partial charge in [-0.15, -0.1) is 0 Å². The van der Waals surface area contributed by atoms with Crippen LogP contribution < -0.4 is 10.3 Å². The SMILES string of the molecule is Cc1ccc2c(c1)c1c3n2CC[NH+](CC(=O)N/N=C\c2ccc(C(C)C)cc2)[C@@H]3CCC1. The normalized spacial score (nSPS) is 20.1. The Hall–Kier alpha value is -2.92. The predicted molar refractivity (Wildman–Crippen MR) is 129 cm³/mol. The number of aromatic nitrogens is 1. The van der Waals surface area contributed by atoms with Gasteiger partial charge in [-0.3, -0.25) is 4.79 Å². The van der Waals surface area contributed by atoms with Crippen molar-refractivity contribution in [2.75, 3.05) is 13.1 Å². The van der Waals surface area contributed by atoms with E-state index in [4.69, 9.17) is 0 Å². The zero-order chi connectivity index (χ0) is 22.2. The number of aryl methyl sites for hydroxylation is 2. The zero-order valence-electron chi connectivity index (χ0n) is 19.3. The molecule has 1 amide bonds. The topological polar surface area (TPSA) is 50.8 Å². The molecule has 1 aromatic heterocycles. The molecule has 5 heteroatoms. The highest BCUT2D eigenvalue weighted by Gasteiger charge is 2.38. The summed E-state index contributed by atoms with van der Waals surface area (Å²) in [6, 6.07) is 15.6. The number of amides is 1. The van der Waals surface area contributed by atoms with E-state index in [0.717, 1.165) is 31.5 Å². The highest BCUT2D eigenvalue weighted by Crippen LogP contribution is 2.37. The van der Waals surface area contributed by atoms with Crippen molar-refractivity contribution in [2.45, 2.75) is 58.5 Å². The van der Waals surface area contributed by atoms with Gasteiger partial charge in [-0.2, -0.15) is 5.10 Å². The number of hydrogen-bond acceptors (Lipinski definition) is 2. The lowest BCUT2D eigenvalue weighted by molar-refractivity contribution is -0.929. The highest BCUT2D eigenvalue weighted by atomic mass is 16.2. The Morgan fingerprint density at radius 1 is 1.25 bits per heavy atom. The molecule has 0 saturated carbocycles. The number of nitrogens with zero attached hydrogens (tertiary/aromatic N) is 2. The monoisotopic (exact) mass is 429 g/mol. The Bertz CT molecular complexity index is 1170. The maximum Gasteiger partial charge on any atom is 0.295 e. The van der Waals surface area contributed by atoms with Crippen LogP contribution in [-0.4, -0.2) is 29.8 Å². The first-order valence-corrected chi connectivity index (χ1v) is 11.9. The van der Waals surface area contributed by atoms with Gasteiger partial charge in [-0.25, -0.2) is 5.43 Å². The molecule has 32 heavy (non-hydrogen) atoms. The largest absolute Gasteiger partial charge is 0.334 e.